The van der Waals surface area contributed by atoms with E-state index >= 15 is 0 Å². The highest BCUT2D eigenvalue weighted by atomic mass is 16.6. The fraction of sp³-hybridized carbons (Fsp3) is 0.733. The molecule has 4 aliphatic rings. The van der Waals surface area contributed by atoms with Crippen LogP contribution in [-0.4, -0.2) is 89.1 Å². The molecule has 3 saturated carbocycles. The normalized spacial score (nSPS) is 43.3. The molecule has 13 heteroatoms. The first-order valence-corrected chi connectivity index (χ1v) is 14.2. The minimum atomic E-state index is -2.33. The summed E-state index contributed by atoms with van der Waals surface area (Å²) in [5.41, 5.74) is -7.08. The fourth-order valence-corrected chi connectivity index (χ4v) is 8.27. The fourth-order valence-electron chi connectivity index (χ4n) is 8.27. The van der Waals surface area contributed by atoms with Crippen molar-refractivity contribution < 1.29 is 62.3 Å². The van der Waals surface area contributed by atoms with E-state index in [0.717, 1.165) is 20.8 Å². The summed E-state index contributed by atoms with van der Waals surface area (Å²) in [6.07, 6.45) is -7.23. The van der Waals surface area contributed by atoms with Crippen molar-refractivity contribution in [3.63, 3.8) is 0 Å². The minimum Gasteiger partial charge on any atom is -0.462 e. The lowest BCUT2D eigenvalue weighted by atomic mass is 9.44. The van der Waals surface area contributed by atoms with Gasteiger partial charge in [-0.2, -0.15) is 0 Å². The lowest BCUT2D eigenvalue weighted by Crippen LogP contribution is -2.80. The Bertz CT molecular complexity index is 1270. The van der Waals surface area contributed by atoms with Gasteiger partial charge < -0.3 is 33.5 Å². The van der Waals surface area contributed by atoms with E-state index in [0.29, 0.717) is 0 Å². The van der Waals surface area contributed by atoms with Crippen LogP contribution < -0.4 is 0 Å². The van der Waals surface area contributed by atoms with Crippen molar-refractivity contribution in [3.05, 3.63) is 12.2 Å². The van der Waals surface area contributed by atoms with Gasteiger partial charge in [0.05, 0.1) is 12.0 Å². The van der Waals surface area contributed by atoms with Crippen molar-refractivity contribution >= 4 is 35.6 Å². The van der Waals surface area contributed by atoms with E-state index in [1.807, 2.05) is 0 Å². The number of aliphatic hydroxyl groups is 1. The zero-order valence-electron chi connectivity index (χ0n) is 25.7. The third kappa shape index (κ3) is 4.66. The molecule has 11 unspecified atom stereocenters. The third-order valence-electron chi connectivity index (χ3n) is 10.1. The van der Waals surface area contributed by atoms with Crippen LogP contribution in [0, 0.1) is 22.7 Å². The largest absolute Gasteiger partial charge is 0.462 e. The molecular formula is C30H40O13. The van der Waals surface area contributed by atoms with Gasteiger partial charge in [-0.05, 0) is 12.5 Å². The Balaban J connectivity index is 2.15. The number of esters is 5. The van der Waals surface area contributed by atoms with Gasteiger partial charge in [0.2, 0.25) is 0 Å². The lowest BCUT2D eigenvalue weighted by Gasteiger charge is -2.64. The summed E-state index contributed by atoms with van der Waals surface area (Å²) in [5.74, 6) is -6.45. The second-order valence-corrected chi connectivity index (χ2v) is 12.7. The number of carbonyl (C=O) groups is 6. The first-order chi connectivity index (χ1) is 19.7. The molecular weight excluding hydrogens is 568 g/mol. The second-order valence-electron chi connectivity index (χ2n) is 12.7. The average molecular weight is 609 g/mol. The van der Waals surface area contributed by atoms with Crippen LogP contribution in [0.4, 0.5) is 0 Å². The molecule has 3 aliphatic carbocycles. The van der Waals surface area contributed by atoms with Gasteiger partial charge in [0.15, 0.2) is 23.6 Å². The highest BCUT2D eigenvalue weighted by Crippen LogP contribution is 2.67. The molecule has 4 bridgehead atoms. The van der Waals surface area contributed by atoms with E-state index in [-0.39, 0.29) is 25.0 Å². The van der Waals surface area contributed by atoms with Crippen molar-refractivity contribution in [1.29, 1.82) is 0 Å². The van der Waals surface area contributed by atoms with Gasteiger partial charge in [0.25, 0.3) is 0 Å². The van der Waals surface area contributed by atoms with Gasteiger partial charge in [0.1, 0.15) is 23.9 Å². The number of ketones is 1. The van der Waals surface area contributed by atoms with Gasteiger partial charge >= 0.3 is 29.8 Å². The number of hydrogen-bond donors (Lipinski definition) is 1. The van der Waals surface area contributed by atoms with E-state index in [2.05, 4.69) is 6.58 Å². The Morgan fingerprint density at radius 1 is 0.814 bits per heavy atom. The van der Waals surface area contributed by atoms with E-state index in [1.54, 1.807) is 13.8 Å². The Hall–Kier alpha value is -3.32. The van der Waals surface area contributed by atoms with Gasteiger partial charge in [-0.25, -0.2) is 0 Å². The standard InChI is InChI=1S/C30H40O13/c1-13-20(39-14(2)31)11-22(40-15(3)32)28(8)23(13)24(41-16(4)33)19-10-21(36)29(9)30(37,27(19,7)12-38-29)26(43-18(6)35)25(28)42-17(5)34/h19-20,22-26,37H,1,10-12H2,2-9H3. The van der Waals surface area contributed by atoms with Crippen molar-refractivity contribution in [1.82, 2.24) is 0 Å². The summed E-state index contributed by atoms with van der Waals surface area (Å²) in [6.45, 7) is 14.4. The molecule has 1 aliphatic heterocycles. The molecule has 0 radical (unpaired) electrons. The van der Waals surface area contributed by atoms with Crippen LogP contribution in [0.25, 0.3) is 0 Å². The molecule has 1 saturated heterocycles. The maximum atomic E-state index is 13.9. The van der Waals surface area contributed by atoms with Crippen LogP contribution in [0.3, 0.4) is 0 Å². The van der Waals surface area contributed by atoms with E-state index in [4.69, 9.17) is 28.4 Å². The molecule has 4 fully saturated rings. The van der Waals surface area contributed by atoms with Crippen LogP contribution in [-0.2, 0) is 57.2 Å². The molecule has 0 aromatic carbocycles. The summed E-state index contributed by atoms with van der Waals surface area (Å²) in [4.78, 5) is 76.8. The summed E-state index contributed by atoms with van der Waals surface area (Å²) in [7, 11) is 0. The highest BCUT2D eigenvalue weighted by molar-refractivity contribution is 5.91. The van der Waals surface area contributed by atoms with Gasteiger partial charge in [0, 0.05) is 64.7 Å². The second kappa shape index (κ2) is 10.7. The SMILES string of the molecule is C=C1C(OC(C)=O)CC(OC(C)=O)C2(C)C(OC(C)=O)C(OC(C)=O)C3(O)C4(C)OCC3(C)C(CC4=O)C(OC(C)=O)C12. The van der Waals surface area contributed by atoms with Crippen LogP contribution in [0.5, 0.6) is 0 Å². The zero-order chi connectivity index (χ0) is 32.4. The van der Waals surface area contributed by atoms with Gasteiger partial charge in [-0.1, -0.05) is 20.4 Å². The van der Waals surface area contributed by atoms with Crippen molar-refractivity contribution in [2.45, 2.75) is 110 Å². The molecule has 1 heterocycles. The smallest absolute Gasteiger partial charge is 0.303 e. The summed E-state index contributed by atoms with van der Waals surface area (Å²) in [6, 6.07) is 0. The van der Waals surface area contributed by atoms with Gasteiger partial charge in [-0.15, -0.1) is 0 Å². The monoisotopic (exact) mass is 608 g/mol. The van der Waals surface area contributed by atoms with Crippen molar-refractivity contribution in [3.8, 4) is 0 Å². The van der Waals surface area contributed by atoms with E-state index in [1.165, 1.54) is 20.8 Å². The maximum Gasteiger partial charge on any atom is 0.303 e. The molecule has 0 aromatic rings. The van der Waals surface area contributed by atoms with Crippen molar-refractivity contribution in [2.75, 3.05) is 6.61 Å². The molecule has 1 N–H and O–H groups in total. The summed E-state index contributed by atoms with van der Waals surface area (Å²) >= 11 is 0. The predicted molar refractivity (Wildman–Crippen MR) is 144 cm³/mol. The number of rotatable bonds is 5. The highest BCUT2D eigenvalue weighted by Gasteiger charge is 2.82. The Morgan fingerprint density at radius 3 is 1.84 bits per heavy atom. The van der Waals surface area contributed by atoms with Crippen LogP contribution in [0.1, 0.15) is 68.2 Å². The van der Waals surface area contributed by atoms with Gasteiger partial charge in [-0.3, -0.25) is 28.8 Å². The molecule has 13 nitrogen and oxygen atoms in total. The topological polar surface area (TPSA) is 178 Å². The lowest BCUT2D eigenvalue weighted by molar-refractivity contribution is -0.295. The van der Waals surface area contributed by atoms with Crippen LogP contribution in [0.2, 0.25) is 0 Å². The van der Waals surface area contributed by atoms with Crippen LogP contribution in [0.15, 0.2) is 12.2 Å². The number of carbonyl (C=O) groups excluding carboxylic acids is 6. The molecule has 0 aromatic heterocycles. The summed E-state index contributed by atoms with van der Waals surface area (Å²) < 4.78 is 35.2. The van der Waals surface area contributed by atoms with Crippen molar-refractivity contribution in [2.24, 2.45) is 22.7 Å². The molecule has 238 valence electrons. The quantitative estimate of drug-likeness (QED) is 0.269. The van der Waals surface area contributed by atoms with Crippen LogP contribution >= 0.6 is 0 Å². The molecule has 0 amide bonds. The number of hydrogen-bond acceptors (Lipinski definition) is 13. The predicted octanol–water partition coefficient (Wildman–Crippen LogP) is 1.36. The maximum absolute atomic E-state index is 13.9. The molecule has 0 spiro atoms. The average Bonchev–Trinajstić information content (AvgIpc) is 3.01. The number of Topliss-reactive ketones (excluding diaryl/α,β-unsaturated/α-hetero) is 1. The molecule has 4 rings (SSSR count). The number of fused-ring (bicyclic) bond motifs is 1. The molecule has 43 heavy (non-hydrogen) atoms. The Labute approximate surface area is 249 Å². The van der Waals surface area contributed by atoms with E-state index in [9.17, 15) is 33.9 Å². The molecule has 11 atom stereocenters. The number of ether oxygens (including phenoxy) is 6. The first-order valence-electron chi connectivity index (χ1n) is 14.2. The zero-order valence-corrected chi connectivity index (χ0v) is 25.7. The Morgan fingerprint density at radius 2 is 1.33 bits per heavy atom. The Kier molecular flexibility index (Phi) is 8.10. The minimum absolute atomic E-state index is 0.143. The van der Waals surface area contributed by atoms with E-state index < -0.39 is 100 Å². The first kappa shape index (κ1) is 32.6. The summed E-state index contributed by atoms with van der Waals surface area (Å²) in [5, 5.41) is 12.9. The third-order valence-corrected chi connectivity index (χ3v) is 10.1.